The Morgan fingerprint density at radius 2 is 1.97 bits per heavy atom. The Hall–Kier alpha value is -3.43. The zero-order valence-corrected chi connectivity index (χ0v) is 19.4. The molecule has 174 valence electrons. The molecule has 2 saturated heterocycles. The highest BCUT2D eigenvalue weighted by atomic mass is 16.6. The Labute approximate surface area is 192 Å². The standard InChI is InChI=1S/C23H30N8O2/c1-13-10-18(30-29-13)26-20-17-6-5-9-24-19(17)27-21(28-20)25-14-11-15-7-8-16(12-14)31(15)22(32)33-23(2,3)4/h5-6,9-10,14-16H,7-8,11-12H2,1-4H3,(H3,24,25,26,27,28,29,30)/t14-,15-,16+. The molecule has 33 heavy (non-hydrogen) atoms. The number of anilines is 3. The Morgan fingerprint density at radius 1 is 1.21 bits per heavy atom. The minimum atomic E-state index is -0.492. The van der Waals surface area contributed by atoms with Crippen molar-refractivity contribution < 1.29 is 9.53 Å². The van der Waals surface area contributed by atoms with Crippen LogP contribution >= 0.6 is 0 Å². The van der Waals surface area contributed by atoms with Crippen LogP contribution in [-0.4, -0.2) is 59.9 Å². The van der Waals surface area contributed by atoms with E-state index >= 15 is 0 Å². The topological polar surface area (TPSA) is 121 Å². The lowest BCUT2D eigenvalue weighted by Gasteiger charge is -2.39. The van der Waals surface area contributed by atoms with Gasteiger partial charge in [0, 0.05) is 36.1 Å². The molecule has 3 aromatic heterocycles. The Kier molecular flexibility index (Phi) is 5.30. The van der Waals surface area contributed by atoms with Crippen LogP contribution < -0.4 is 10.6 Å². The number of aromatic nitrogens is 5. The average Bonchev–Trinajstić information content (AvgIpc) is 3.27. The first kappa shape index (κ1) is 21.4. The summed E-state index contributed by atoms with van der Waals surface area (Å²) in [6, 6.07) is 6.22. The van der Waals surface area contributed by atoms with Crippen molar-refractivity contribution in [2.24, 2.45) is 0 Å². The van der Waals surface area contributed by atoms with Crippen LogP contribution in [0, 0.1) is 6.92 Å². The van der Waals surface area contributed by atoms with E-state index in [2.05, 4.69) is 30.8 Å². The first-order valence-electron chi connectivity index (χ1n) is 11.4. The van der Waals surface area contributed by atoms with Crippen LogP contribution in [0.5, 0.6) is 0 Å². The van der Waals surface area contributed by atoms with Crippen LogP contribution in [-0.2, 0) is 4.74 Å². The molecule has 3 N–H and O–H groups in total. The highest BCUT2D eigenvalue weighted by molar-refractivity contribution is 5.89. The number of ether oxygens (including phenoxy) is 1. The van der Waals surface area contributed by atoms with E-state index in [1.165, 1.54) is 0 Å². The van der Waals surface area contributed by atoms with Crippen molar-refractivity contribution in [1.29, 1.82) is 0 Å². The van der Waals surface area contributed by atoms with E-state index in [0.29, 0.717) is 23.2 Å². The van der Waals surface area contributed by atoms with Crippen molar-refractivity contribution in [2.45, 2.75) is 77.1 Å². The highest BCUT2D eigenvalue weighted by Gasteiger charge is 2.45. The fraction of sp³-hybridized carbons (Fsp3) is 0.522. The summed E-state index contributed by atoms with van der Waals surface area (Å²) in [4.78, 5) is 28.5. The average molecular weight is 451 g/mol. The van der Waals surface area contributed by atoms with Crippen molar-refractivity contribution in [1.82, 2.24) is 30.0 Å². The quantitative estimate of drug-likeness (QED) is 0.542. The largest absolute Gasteiger partial charge is 0.444 e. The number of hydrogen-bond donors (Lipinski definition) is 3. The maximum Gasteiger partial charge on any atom is 0.410 e. The van der Waals surface area contributed by atoms with Gasteiger partial charge in [0.15, 0.2) is 11.5 Å². The van der Waals surface area contributed by atoms with Gasteiger partial charge in [0.05, 0.1) is 5.39 Å². The number of aromatic amines is 1. The van der Waals surface area contributed by atoms with Crippen molar-refractivity contribution in [3.05, 3.63) is 30.1 Å². The number of pyridine rings is 1. The maximum absolute atomic E-state index is 12.7. The molecular weight excluding hydrogens is 420 g/mol. The van der Waals surface area contributed by atoms with Crippen molar-refractivity contribution >= 4 is 34.7 Å². The molecule has 1 amide bonds. The molecule has 3 aromatic rings. The monoisotopic (exact) mass is 450 g/mol. The van der Waals surface area contributed by atoms with Gasteiger partial charge >= 0.3 is 6.09 Å². The van der Waals surface area contributed by atoms with Gasteiger partial charge in [-0.1, -0.05) is 0 Å². The number of nitrogens with one attached hydrogen (secondary N) is 3. The van der Waals surface area contributed by atoms with E-state index in [4.69, 9.17) is 9.72 Å². The number of fused-ring (bicyclic) bond motifs is 3. The minimum absolute atomic E-state index is 0.166. The van der Waals surface area contributed by atoms with E-state index in [9.17, 15) is 4.79 Å². The predicted molar refractivity (Wildman–Crippen MR) is 125 cm³/mol. The lowest BCUT2D eigenvalue weighted by Crippen LogP contribution is -2.51. The molecule has 2 fully saturated rings. The van der Waals surface area contributed by atoms with Gasteiger partial charge in [0.25, 0.3) is 0 Å². The van der Waals surface area contributed by atoms with Crippen LogP contribution in [0.15, 0.2) is 24.4 Å². The Balaban J connectivity index is 1.34. The summed E-state index contributed by atoms with van der Waals surface area (Å²) in [5.74, 6) is 1.85. The van der Waals surface area contributed by atoms with E-state index in [-0.39, 0.29) is 24.2 Å². The van der Waals surface area contributed by atoms with Gasteiger partial charge in [-0.05, 0) is 65.5 Å². The molecule has 0 saturated carbocycles. The summed E-state index contributed by atoms with van der Waals surface area (Å²) in [6.45, 7) is 7.66. The van der Waals surface area contributed by atoms with Gasteiger partial charge in [-0.25, -0.2) is 9.78 Å². The van der Waals surface area contributed by atoms with Gasteiger partial charge in [-0.15, -0.1) is 0 Å². The lowest BCUT2D eigenvalue weighted by molar-refractivity contribution is 0.00682. The molecule has 2 bridgehead atoms. The molecule has 5 rings (SSSR count). The number of amides is 1. The molecular formula is C23H30N8O2. The lowest BCUT2D eigenvalue weighted by atomic mass is 9.98. The second-order valence-electron chi connectivity index (χ2n) is 9.92. The number of carbonyl (C=O) groups excluding carboxylic acids is 1. The molecule has 0 aliphatic carbocycles. The number of rotatable bonds is 4. The summed E-state index contributed by atoms with van der Waals surface area (Å²) >= 11 is 0. The summed E-state index contributed by atoms with van der Waals surface area (Å²) < 4.78 is 5.65. The SMILES string of the molecule is Cc1cc(Nc2nc(N[C@@H]3C[C@H]4CC[C@@H](C3)N4C(=O)OC(C)(C)C)nc3ncccc23)n[nH]1. The molecule has 0 spiro atoms. The maximum atomic E-state index is 12.7. The smallest absolute Gasteiger partial charge is 0.410 e. The number of H-pyrrole nitrogens is 1. The Bertz CT molecular complexity index is 1160. The third-order valence-electron chi connectivity index (χ3n) is 6.09. The first-order chi connectivity index (χ1) is 15.7. The predicted octanol–water partition coefficient (Wildman–Crippen LogP) is 4.14. The van der Waals surface area contributed by atoms with E-state index in [0.717, 1.165) is 36.8 Å². The third kappa shape index (κ3) is 4.55. The first-order valence-corrected chi connectivity index (χ1v) is 11.4. The molecule has 5 heterocycles. The minimum Gasteiger partial charge on any atom is -0.444 e. The van der Waals surface area contributed by atoms with Crippen molar-refractivity contribution in [2.75, 3.05) is 10.6 Å². The fourth-order valence-corrected chi connectivity index (χ4v) is 4.82. The second-order valence-corrected chi connectivity index (χ2v) is 9.92. The summed E-state index contributed by atoms with van der Waals surface area (Å²) in [5, 5.41) is 14.8. The number of piperidine rings is 1. The normalized spacial score (nSPS) is 22.4. The zero-order chi connectivity index (χ0) is 23.2. The summed E-state index contributed by atoms with van der Waals surface area (Å²) in [5.41, 5.74) is 1.08. The molecule has 3 atom stereocenters. The van der Waals surface area contributed by atoms with E-state index < -0.39 is 5.60 Å². The summed E-state index contributed by atoms with van der Waals surface area (Å²) in [7, 11) is 0. The zero-order valence-electron chi connectivity index (χ0n) is 19.4. The molecule has 2 aliphatic rings. The molecule has 0 aromatic carbocycles. The van der Waals surface area contributed by atoms with Crippen LogP contribution in [0.2, 0.25) is 0 Å². The van der Waals surface area contributed by atoms with Gasteiger partial charge in [0.2, 0.25) is 5.95 Å². The summed E-state index contributed by atoms with van der Waals surface area (Å²) in [6.07, 6.45) is 5.17. The molecule has 10 nitrogen and oxygen atoms in total. The third-order valence-corrected chi connectivity index (χ3v) is 6.09. The van der Waals surface area contributed by atoms with Gasteiger partial charge < -0.3 is 20.3 Å². The van der Waals surface area contributed by atoms with Crippen LogP contribution in [0.1, 0.15) is 52.1 Å². The van der Waals surface area contributed by atoms with Crippen molar-refractivity contribution in [3.63, 3.8) is 0 Å². The van der Waals surface area contributed by atoms with Gasteiger partial charge in [-0.2, -0.15) is 15.1 Å². The number of carbonyl (C=O) groups is 1. The molecule has 10 heteroatoms. The number of hydrogen-bond acceptors (Lipinski definition) is 8. The van der Waals surface area contributed by atoms with Crippen molar-refractivity contribution in [3.8, 4) is 0 Å². The number of nitrogens with zero attached hydrogens (tertiary/aromatic N) is 5. The molecule has 0 unspecified atom stereocenters. The van der Waals surface area contributed by atoms with E-state index in [1.54, 1.807) is 6.20 Å². The second kappa shape index (κ2) is 8.17. The van der Waals surface area contributed by atoms with Gasteiger partial charge in [0.1, 0.15) is 11.4 Å². The van der Waals surface area contributed by atoms with Crippen LogP contribution in [0.4, 0.5) is 22.4 Å². The molecule has 2 aliphatic heterocycles. The highest BCUT2D eigenvalue weighted by Crippen LogP contribution is 2.38. The Morgan fingerprint density at radius 3 is 2.64 bits per heavy atom. The molecule has 0 radical (unpaired) electrons. The fourth-order valence-electron chi connectivity index (χ4n) is 4.82. The van der Waals surface area contributed by atoms with Gasteiger partial charge in [-0.3, -0.25) is 5.10 Å². The van der Waals surface area contributed by atoms with Crippen LogP contribution in [0.3, 0.4) is 0 Å². The number of aryl methyl sites for hydroxylation is 1. The van der Waals surface area contributed by atoms with Crippen LogP contribution in [0.25, 0.3) is 11.0 Å². The van der Waals surface area contributed by atoms with E-state index in [1.807, 2.05) is 50.8 Å².